The third-order valence-electron chi connectivity index (χ3n) is 3.21. The minimum atomic E-state index is 0.0319. The molecule has 0 aromatic heterocycles. The number of nitrogens with one attached hydrogen (secondary N) is 1. The Kier molecular flexibility index (Phi) is 3.89. The predicted molar refractivity (Wildman–Crippen MR) is 71.1 cm³/mol. The zero-order valence-electron chi connectivity index (χ0n) is 9.71. The zero-order valence-corrected chi connectivity index (χ0v) is 10.5. The van der Waals surface area contributed by atoms with Crippen molar-refractivity contribution in [3.63, 3.8) is 0 Å². The number of carbonyl (C=O) groups excluding carboxylic acids is 1. The Morgan fingerprint density at radius 3 is 2.82 bits per heavy atom. The average molecular weight is 253 g/mol. The molecule has 1 aliphatic rings. The summed E-state index contributed by atoms with van der Waals surface area (Å²) >= 11 is 5.99. The van der Waals surface area contributed by atoms with E-state index in [9.17, 15) is 4.79 Å². The van der Waals surface area contributed by atoms with Gasteiger partial charge in [-0.25, -0.2) is 0 Å². The summed E-state index contributed by atoms with van der Waals surface area (Å²) in [5, 5.41) is 3.35. The van der Waals surface area contributed by atoms with Crippen LogP contribution in [-0.2, 0) is 4.79 Å². The van der Waals surface area contributed by atoms with Gasteiger partial charge in [-0.2, -0.15) is 0 Å². The largest absolute Gasteiger partial charge is 0.399 e. The van der Waals surface area contributed by atoms with Gasteiger partial charge in [0.25, 0.3) is 0 Å². The zero-order chi connectivity index (χ0) is 12.3. The van der Waals surface area contributed by atoms with Gasteiger partial charge in [-0.1, -0.05) is 24.4 Å². The van der Waals surface area contributed by atoms with Crippen LogP contribution < -0.4 is 11.1 Å². The number of amides is 1. The lowest BCUT2D eigenvalue weighted by molar-refractivity contribution is -0.117. The lowest BCUT2D eigenvalue weighted by atomic mass is 10.0. The fourth-order valence-electron chi connectivity index (χ4n) is 2.32. The quantitative estimate of drug-likeness (QED) is 0.810. The van der Waals surface area contributed by atoms with Crippen LogP contribution in [0.1, 0.15) is 32.1 Å². The highest BCUT2D eigenvalue weighted by Crippen LogP contribution is 2.29. The highest BCUT2D eigenvalue weighted by atomic mass is 35.5. The second kappa shape index (κ2) is 5.41. The van der Waals surface area contributed by atoms with E-state index in [4.69, 9.17) is 17.3 Å². The van der Waals surface area contributed by atoms with E-state index in [-0.39, 0.29) is 5.91 Å². The van der Waals surface area contributed by atoms with Gasteiger partial charge in [0, 0.05) is 12.1 Å². The van der Waals surface area contributed by atoms with Crippen LogP contribution in [0, 0.1) is 5.92 Å². The normalized spacial score (nSPS) is 16.1. The van der Waals surface area contributed by atoms with E-state index in [0.29, 0.717) is 28.7 Å². The van der Waals surface area contributed by atoms with Crippen LogP contribution in [-0.4, -0.2) is 5.91 Å². The molecule has 3 nitrogen and oxygen atoms in total. The molecule has 0 heterocycles. The van der Waals surface area contributed by atoms with Gasteiger partial charge in [0.1, 0.15) is 0 Å². The molecule has 1 saturated carbocycles. The molecule has 0 spiro atoms. The molecule has 3 N–H and O–H groups in total. The fraction of sp³-hybridized carbons (Fsp3) is 0.462. The Morgan fingerprint density at radius 1 is 1.41 bits per heavy atom. The first-order chi connectivity index (χ1) is 8.15. The Balaban J connectivity index is 1.95. The minimum Gasteiger partial charge on any atom is -0.399 e. The van der Waals surface area contributed by atoms with E-state index in [1.165, 1.54) is 12.8 Å². The number of rotatable bonds is 3. The monoisotopic (exact) mass is 252 g/mol. The van der Waals surface area contributed by atoms with Crippen molar-refractivity contribution in [3.8, 4) is 0 Å². The van der Waals surface area contributed by atoms with E-state index in [1.807, 2.05) is 0 Å². The van der Waals surface area contributed by atoms with Crippen LogP contribution in [0.3, 0.4) is 0 Å². The highest BCUT2D eigenvalue weighted by Gasteiger charge is 2.18. The van der Waals surface area contributed by atoms with Crippen LogP contribution in [0.5, 0.6) is 0 Å². The van der Waals surface area contributed by atoms with Gasteiger partial charge in [-0.05, 0) is 37.0 Å². The molecule has 1 aromatic carbocycles. The molecule has 92 valence electrons. The molecular formula is C13H17ClN2O. The van der Waals surface area contributed by atoms with Crippen LogP contribution in [0.25, 0.3) is 0 Å². The number of benzene rings is 1. The smallest absolute Gasteiger partial charge is 0.224 e. The van der Waals surface area contributed by atoms with E-state index in [1.54, 1.807) is 18.2 Å². The summed E-state index contributed by atoms with van der Waals surface area (Å²) in [4.78, 5) is 11.8. The Labute approximate surface area is 106 Å². The van der Waals surface area contributed by atoms with Gasteiger partial charge in [-0.15, -0.1) is 0 Å². The standard InChI is InChI=1S/C13H17ClN2O/c14-11-6-5-10(15)8-12(11)16-13(17)7-9-3-1-2-4-9/h5-6,8-9H,1-4,7,15H2,(H,16,17). The van der Waals surface area contributed by atoms with Gasteiger partial charge < -0.3 is 11.1 Å². The highest BCUT2D eigenvalue weighted by molar-refractivity contribution is 6.33. The third-order valence-corrected chi connectivity index (χ3v) is 3.54. The van der Waals surface area contributed by atoms with E-state index in [0.717, 1.165) is 12.8 Å². The first-order valence-corrected chi connectivity index (χ1v) is 6.38. The van der Waals surface area contributed by atoms with Crippen molar-refractivity contribution in [2.45, 2.75) is 32.1 Å². The molecule has 17 heavy (non-hydrogen) atoms. The molecule has 1 fully saturated rings. The van der Waals surface area contributed by atoms with Gasteiger partial charge in [0.15, 0.2) is 0 Å². The van der Waals surface area contributed by atoms with Crippen molar-refractivity contribution < 1.29 is 4.79 Å². The maximum atomic E-state index is 11.8. The number of nitrogens with two attached hydrogens (primary N) is 1. The molecule has 1 aromatic rings. The molecule has 0 radical (unpaired) electrons. The maximum absolute atomic E-state index is 11.8. The van der Waals surface area contributed by atoms with Crippen molar-refractivity contribution in [3.05, 3.63) is 23.2 Å². The summed E-state index contributed by atoms with van der Waals surface area (Å²) in [6.07, 6.45) is 5.41. The summed E-state index contributed by atoms with van der Waals surface area (Å²) in [7, 11) is 0. The number of nitrogen functional groups attached to an aromatic ring is 1. The van der Waals surface area contributed by atoms with E-state index < -0.39 is 0 Å². The molecule has 0 unspecified atom stereocenters. The Hall–Kier alpha value is -1.22. The first-order valence-electron chi connectivity index (χ1n) is 6.00. The van der Waals surface area contributed by atoms with Crippen molar-refractivity contribution in [2.24, 2.45) is 5.92 Å². The molecule has 1 amide bonds. The summed E-state index contributed by atoms with van der Waals surface area (Å²) in [5.41, 5.74) is 6.87. The van der Waals surface area contributed by atoms with Gasteiger partial charge in [0.05, 0.1) is 10.7 Å². The lowest BCUT2D eigenvalue weighted by Crippen LogP contribution is -2.15. The molecule has 1 aliphatic carbocycles. The fourth-order valence-corrected chi connectivity index (χ4v) is 2.48. The SMILES string of the molecule is Nc1ccc(Cl)c(NC(=O)CC2CCCC2)c1. The van der Waals surface area contributed by atoms with Gasteiger partial charge in [-0.3, -0.25) is 4.79 Å². The van der Waals surface area contributed by atoms with E-state index >= 15 is 0 Å². The van der Waals surface area contributed by atoms with Crippen molar-refractivity contribution in [1.29, 1.82) is 0 Å². The van der Waals surface area contributed by atoms with Crippen LogP contribution in [0.4, 0.5) is 11.4 Å². The van der Waals surface area contributed by atoms with Crippen molar-refractivity contribution in [2.75, 3.05) is 11.1 Å². The minimum absolute atomic E-state index is 0.0319. The van der Waals surface area contributed by atoms with Crippen molar-refractivity contribution >= 4 is 28.9 Å². The van der Waals surface area contributed by atoms with Crippen molar-refractivity contribution in [1.82, 2.24) is 0 Å². The number of hydrogen-bond acceptors (Lipinski definition) is 2. The second-order valence-electron chi connectivity index (χ2n) is 4.64. The summed E-state index contributed by atoms with van der Waals surface area (Å²) in [6, 6.07) is 5.10. The number of hydrogen-bond donors (Lipinski definition) is 2. The Morgan fingerprint density at radius 2 is 2.12 bits per heavy atom. The molecule has 0 atom stereocenters. The molecule has 0 aliphatic heterocycles. The van der Waals surface area contributed by atoms with Crippen LogP contribution in [0.15, 0.2) is 18.2 Å². The first kappa shape index (κ1) is 12.2. The molecule has 0 saturated heterocycles. The van der Waals surface area contributed by atoms with Crippen LogP contribution in [0.2, 0.25) is 5.02 Å². The topological polar surface area (TPSA) is 55.1 Å². The molecule has 2 rings (SSSR count). The second-order valence-corrected chi connectivity index (χ2v) is 5.05. The molecular weight excluding hydrogens is 236 g/mol. The summed E-state index contributed by atoms with van der Waals surface area (Å²) in [6.45, 7) is 0. The molecule has 0 bridgehead atoms. The summed E-state index contributed by atoms with van der Waals surface area (Å²) < 4.78 is 0. The van der Waals surface area contributed by atoms with Gasteiger partial charge >= 0.3 is 0 Å². The number of carbonyl (C=O) groups is 1. The maximum Gasteiger partial charge on any atom is 0.224 e. The van der Waals surface area contributed by atoms with Crippen LogP contribution >= 0.6 is 11.6 Å². The van der Waals surface area contributed by atoms with E-state index in [2.05, 4.69) is 5.32 Å². The summed E-state index contributed by atoms with van der Waals surface area (Å²) in [5.74, 6) is 0.569. The number of halogens is 1. The Bertz CT molecular complexity index is 414. The lowest BCUT2D eigenvalue weighted by Gasteiger charge is -2.11. The number of anilines is 2. The third kappa shape index (κ3) is 3.37. The molecule has 4 heteroatoms. The van der Waals surface area contributed by atoms with Gasteiger partial charge in [0.2, 0.25) is 5.91 Å². The predicted octanol–water partition coefficient (Wildman–Crippen LogP) is 3.44. The average Bonchev–Trinajstić information content (AvgIpc) is 2.76.